The van der Waals surface area contributed by atoms with Crippen molar-refractivity contribution in [2.45, 2.75) is 271 Å². The molecule has 1 atom stereocenters. The Labute approximate surface area is 402 Å². The number of rotatable bonds is 49. The summed E-state index contributed by atoms with van der Waals surface area (Å²) in [5.41, 5.74) is 0. The Morgan fingerprint density at radius 2 is 0.600 bits per heavy atom. The van der Waals surface area contributed by atoms with E-state index in [2.05, 4.69) is 93.7 Å². The van der Waals surface area contributed by atoms with Gasteiger partial charge < -0.3 is 14.2 Å². The van der Waals surface area contributed by atoms with Crippen molar-refractivity contribution in [2.24, 2.45) is 0 Å². The van der Waals surface area contributed by atoms with Gasteiger partial charge in [0.1, 0.15) is 13.2 Å². The second-order valence-corrected chi connectivity index (χ2v) is 18.1. The van der Waals surface area contributed by atoms with E-state index in [1.807, 2.05) is 0 Å². The van der Waals surface area contributed by atoms with Crippen LogP contribution in [0.4, 0.5) is 0 Å². The van der Waals surface area contributed by atoms with Crippen LogP contribution in [0.15, 0.2) is 72.9 Å². The molecule has 65 heavy (non-hydrogen) atoms. The molecule has 0 aliphatic heterocycles. The van der Waals surface area contributed by atoms with Crippen LogP contribution in [0.25, 0.3) is 0 Å². The predicted molar refractivity (Wildman–Crippen MR) is 279 cm³/mol. The molecule has 0 N–H and O–H groups in total. The van der Waals surface area contributed by atoms with Gasteiger partial charge in [0.05, 0.1) is 0 Å². The first-order valence-corrected chi connectivity index (χ1v) is 27.4. The SMILES string of the molecule is CC/C=C\C/C=C\C/C=C\C/C=C\CCCCC(=O)OCC(COC(=O)CCCCCCC/C=C\CCCCCCCCC)OC(=O)CCCCCCC/C=C\CCCCCCCCC. The van der Waals surface area contributed by atoms with E-state index in [0.717, 1.165) is 103 Å². The average molecular weight is 907 g/mol. The molecule has 0 saturated heterocycles. The molecular weight excluding hydrogens is 805 g/mol. The van der Waals surface area contributed by atoms with Gasteiger partial charge in [-0.05, 0) is 109 Å². The van der Waals surface area contributed by atoms with Gasteiger partial charge in [-0.15, -0.1) is 0 Å². The lowest BCUT2D eigenvalue weighted by atomic mass is 10.1. The van der Waals surface area contributed by atoms with E-state index in [4.69, 9.17) is 14.2 Å². The van der Waals surface area contributed by atoms with Crippen molar-refractivity contribution in [2.75, 3.05) is 13.2 Å². The van der Waals surface area contributed by atoms with Crippen LogP contribution in [0.1, 0.15) is 265 Å². The zero-order chi connectivity index (χ0) is 47.2. The van der Waals surface area contributed by atoms with E-state index >= 15 is 0 Å². The Morgan fingerprint density at radius 1 is 0.323 bits per heavy atom. The fraction of sp³-hybridized carbons (Fsp3) is 0.746. The molecule has 0 fully saturated rings. The molecule has 0 rings (SSSR count). The third-order valence-corrected chi connectivity index (χ3v) is 11.7. The molecule has 0 heterocycles. The Balaban J connectivity index is 4.46. The molecule has 6 nitrogen and oxygen atoms in total. The fourth-order valence-corrected chi connectivity index (χ4v) is 7.54. The van der Waals surface area contributed by atoms with Gasteiger partial charge in [0.25, 0.3) is 0 Å². The normalized spacial score (nSPS) is 12.6. The van der Waals surface area contributed by atoms with Gasteiger partial charge in [0.2, 0.25) is 0 Å². The summed E-state index contributed by atoms with van der Waals surface area (Å²) in [5.74, 6) is -0.950. The molecule has 0 radical (unpaired) electrons. The summed E-state index contributed by atoms with van der Waals surface area (Å²) in [6, 6.07) is 0. The molecule has 0 aromatic rings. The van der Waals surface area contributed by atoms with Crippen molar-refractivity contribution in [1.29, 1.82) is 0 Å². The first-order valence-electron chi connectivity index (χ1n) is 27.4. The smallest absolute Gasteiger partial charge is 0.306 e. The minimum Gasteiger partial charge on any atom is -0.462 e. The summed E-state index contributed by atoms with van der Waals surface area (Å²) in [6.45, 7) is 6.48. The van der Waals surface area contributed by atoms with Crippen molar-refractivity contribution >= 4 is 17.9 Å². The highest BCUT2D eigenvalue weighted by Gasteiger charge is 2.19. The van der Waals surface area contributed by atoms with E-state index in [1.54, 1.807) is 0 Å². The molecular formula is C59H102O6. The Morgan fingerprint density at radius 3 is 0.985 bits per heavy atom. The molecule has 0 aliphatic rings. The Kier molecular flexibility index (Phi) is 50.9. The number of hydrogen-bond donors (Lipinski definition) is 0. The number of allylic oxidation sites excluding steroid dienone is 12. The van der Waals surface area contributed by atoms with Crippen LogP contribution in [-0.2, 0) is 28.6 Å². The van der Waals surface area contributed by atoms with Crippen molar-refractivity contribution in [3.63, 3.8) is 0 Å². The van der Waals surface area contributed by atoms with Gasteiger partial charge in [-0.2, -0.15) is 0 Å². The summed E-state index contributed by atoms with van der Waals surface area (Å²) in [5, 5.41) is 0. The van der Waals surface area contributed by atoms with Crippen LogP contribution in [-0.4, -0.2) is 37.2 Å². The summed E-state index contributed by atoms with van der Waals surface area (Å²) < 4.78 is 16.8. The van der Waals surface area contributed by atoms with E-state index in [-0.39, 0.29) is 31.1 Å². The first-order chi connectivity index (χ1) is 32.0. The van der Waals surface area contributed by atoms with E-state index < -0.39 is 6.10 Å². The second kappa shape index (κ2) is 53.5. The number of unbranched alkanes of at least 4 members (excludes halogenated alkanes) is 26. The maximum atomic E-state index is 12.8. The van der Waals surface area contributed by atoms with Gasteiger partial charge >= 0.3 is 17.9 Å². The molecule has 1 unspecified atom stereocenters. The minimum absolute atomic E-state index is 0.0959. The Hall–Kier alpha value is -3.15. The molecule has 0 bridgehead atoms. The molecule has 0 spiro atoms. The van der Waals surface area contributed by atoms with Crippen molar-refractivity contribution < 1.29 is 28.6 Å². The van der Waals surface area contributed by atoms with Gasteiger partial charge in [-0.1, -0.05) is 209 Å². The summed E-state index contributed by atoms with van der Waals surface area (Å²) in [6.07, 6.45) is 67.5. The average Bonchev–Trinajstić information content (AvgIpc) is 3.30. The molecule has 0 aliphatic carbocycles. The number of carbonyl (C=O) groups excluding carboxylic acids is 3. The maximum absolute atomic E-state index is 12.8. The quantitative estimate of drug-likeness (QED) is 0.0262. The van der Waals surface area contributed by atoms with Crippen LogP contribution in [0.2, 0.25) is 0 Å². The lowest BCUT2D eigenvalue weighted by Gasteiger charge is -2.18. The van der Waals surface area contributed by atoms with Gasteiger partial charge in [0.15, 0.2) is 6.10 Å². The third kappa shape index (κ3) is 51.7. The lowest BCUT2D eigenvalue weighted by molar-refractivity contribution is -0.167. The number of ether oxygens (including phenoxy) is 3. The maximum Gasteiger partial charge on any atom is 0.306 e. The lowest BCUT2D eigenvalue weighted by Crippen LogP contribution is -2.30. The largest absolute Gasteiger partial charge is 0.462 e. The van der Waals surface area contributed by atoms with Crippen molar-refractivity contribution in [3.8, 4) is 0 Å². The standard InChI is InChI=1S/C59H102O6/c1-4-7-10-13-16-19-22-25-28-31-34-37-40-43-46-49-52-58(61)64-55-56(54-63-57(60)51-48-45-42-39-36-33-30-27-24-21-18-15-12-9-6-3)65-59(62)53-50-47-44-41-38-35-32-29-26-23-20-17-14-11-8-5-2/h9,12,18,21,27-32,36,39,56H,4-8,10-11,13-17,19-20,22-26,33-35,37-38,40-55H2,1-3H3/b12-9-,21-18-,30-27-,31-28-,32-29-,39-36-. The van der Waals surface area contributed by atoms with Crippen LogP contribution in [0, 0.1) is 0 Å². The molecule has 0 aromatic heterocycles. The highest BCUT2D eigenvalue weighted by atomic mass is 16.6. The molecule has 0 aromatic carbocycles. The summed E-state index contributed by atoms with van der Waals surface area (Å²) in [4.78, 5) is 38.1. The monoisotopic (exact) mass is 907 g/mol. The number of esters is 3. The number of carbonyl (C=O) groups is 3. The van der Waals surface area contributed by atoms with Crippen molar-refractivity contribution in [3.05, 3.63) is 72.9 Å². The van der Waals surface area contributed by atoms with Crippen molar-refractivity contribution in [1.82, 2.24) is 0 Å². The molecule has 0 saturated carbocycles. The topological polar surface area (TPSA) is 78.9 Å². The first kappa shape index (κ1) is 61.9. The number of hydrogen-bond acceptors (Lipinski definition) is 6. The van der Waals surface area contributed by atoms with Crippen LogP contribution >= 0.6 is 0 Å². The molecule has 374 valence electrons. The van der Waals surface area contributed by atoms with Gasteiger partial charge in [-0.3, -0.25) is 14.4 Å². The fourth-order valence-electron chi connectivity index (χ4n) is 7.54. The van der Waals surface area contributed by atoms with Crippen LogP contribution in [0.5, 0.6) is 0 Å². The summed E-state index contributed by atoms with van der Waals surface area (Å²) in [7, 11) is 0. The Bertz CT molecular complexity index is 1230. The van der Waals surface area contributed by atoms with E-state index in [0.29, 0.717) is 19.3 Å². The van der Waals surface area contributed by atoms with Gasteiger partial charge in [-0.25, -0.2) is 0 Å². The molecule has 0 amide bonds. The van der Waals surface area contributed by atoms with Gasteiger partial charge in [0, 0.05) is 19.3 Å². The minimum atomic E-state index is -0.800. The highest BCUT2D eigenvalue weighted by Crippen LogP contribution is 2.14. The molecule has 6 heteroatoms. The summed E-state index contributed by atoms with van der Waals surface area (Å²) >= 11 is 0. The van der Waals surface area contributed by atoms with E-state index in [9.17, 15) is 14.4 Å². The highest BCUT2D eigenvalue weighted by molar-refractivity contribution is 5.71. The van der Waals surface area contributed by atoms with Crippen LogP contribution < -0.4 is 0 Å². The predicted octanol–water partition coefficient (Wildman–Crippen LogP) is 18.2. The zero-order valence-electron chi connectivity index (χ0n) is 42.7. The zero-order valence-corrected chi connectivity index (χ0v) is 42.7. The van der Waals surface area contributed by atoms with E-state index in [1.165, 1.54) is 122 Å². The second-order valence-electron chi connectivity index (χ2n) is 18.1. The third-order valence-electron chi connectivity index (χ3n) is 11.7. The van der Waals surface area contributed by atoms with Crippen LogP contribution in [0.3, 0.4) is 0 Å².